The van der Waals surface area contributed by atoms with Crippen LogP contribution in [0.2, 0.25) is 0 Å². The summed E-state index contributed by atoms with van der Waals surface area (Å²) < 4.78 is 24.8. The quantitative estimate of drug-likeness (QED) is 0.834. The highest BCUT2D eigenvalue weighted by molar-refractivity contribution is 7.88. The summed E-state index contributed by atoms with van der Waals surface area (Å²) in [6, 6.07) is 0. The zero-order valence-corrected chi connectivity index (χ0v) is 14.0. The smallest absolute Gasteiger partial charge is 0.211 e. The van der Waals surface area contributed by atoms with E-state index in [-0.39, 0.29) is 5.54 Å². The van der Waals surface area contributed by atoms with Crippen molar-refractivity contribution in [1.29, 1.82) is 0 Å². The van der Waals surface area contributed by atoms with E-state index in [0.717, 1.165) is 19.5 Å². The summed E-state index contributed by atoms with van der Waals surface area (Å²) in [5.74, 6) is 0.562. The second-order valence-electron chi connectivity index (χ2n) is 7.40. The molecule has 1 saturated carbocycles. The first kappa shape index (κ1) is 16.2. The van der Waals surface area contributed by atoms with Gasteiger partial charge in [-0.2, -0.15) is 4.31 Å². The number of piperazine rings is 1. The van der Waals surface area contributed by atoms with Crippen LogP contribution < -0.4 is 5.73 Å². The van der Waals surface area contributed by atoms with Gasteiger partial charge in [-0.1, -0.05) is 20.8 Å². The van der Waals surface area contributed by atoms with Gasteiger partial charge in [0.05, 0.1) is 6.26 Å². The first-order valence-corrected chi connectivity index (χ1v) is 9.36. The van der Waals surface area contributed by atoms with Crippen LogP contribution in [0.1, 0.15) is 33.6 Å². The van der Waals surface area contributed by atoms with Crippen molar-refractivity contribution >= 4 is 10.0 Å². The van der Waals surface area contributed by atoms with E-state index in [4.69, 9.17) is 5.73 Å². The maximum absolute atomic E-state index is 11.6. The Morgan fingerprint density at radius 3 is 2.10 bits per heavy atom. The van der Waals surface area contributed by atoms with Crippen molar-refractivity contribution in [1.82, 2.24) is 9.21 Å². The second-order valence-corrected chi connectivity index (χ2v) is 9.39. The van der Waals surface area contributed by atoms with Gasteiger partial charge in [0.25, 0.3) is 0 Å². The van der Waals surface area contributed by atoms with Crippen LogP contribution in [0, 0.1) is 11.3 Å². The summed E-state index contributed by atoms with van der Waals surface area (Å²) in [6.07, 6.45) is 3.59. The van der Waals surface area contributed by atoms with Crippen molar-refractivity contribution in [2.24, 2.45) is 17.1 Å². The van der Waals surface area contributed by atoms with E-state index in [0.29, 0.717) is 31.0 Å². The summed E-state index contributed by atoms with van der Waals surface area (Å²) in [7, 11) is -3.06. The van der Waals surface area contributed by atoms with Gasteiger partial charge in [-0.05, 0) is 24.2 Å². The zero-order chi connectivity index (χ0) is 15.2. The molecule has 0 spiro atoms. The number of sulfonamides is 1. The van der Waals surface area contributed by atoms with E-state index in [1.54, 1.807) is 4.31 Å². The molecule has 2 aliphatic rings. The number of rotatable bonds is 3. The zero-order valence-electron chi connectivity index (χ0n) is 13.2. The third-order valence-corrected chi connectivity index (χ3v) is 6.55. The van der Waals surface area contributed by atoms with Gasteiger partial charge in [0.1, 0.15) is 0 Å². The number of nitrogens with zero attached hydrogens (tertiary/aromatic N) is 2. The first-order chi connectivity index (χ1) is 9.11. The average Bonchev–Trinajstić information content (AvgIpc) is 2.58. The highest BCUT2D eigenvalue weighted by Crippen LogP contribution is 2.50. The highest BCUT2D eigenvalue weighted by Gasteiger charge is 2.51. The maximum Gasteiger partial charge on any atom is 0.211 e. The molecule has 1 aliphatic heterocycles. The normalized spacial score (nSPS) is 36.4. The Morgan fingerprint density at radius 2 is 1.75 bits per heavy atom. The molecule has 2 N–H and O–H groups in total. The maximum atomic E-state index is 11.6. The number of hydrogen-bond acceptors (Lipinski definition) is 4. The minimum atomic E-state index is -3.06. The fourth-order valence-corrected chi connectivity index (χ4v) is 5.21. The van der Waals surface area contributed by atoms with Crippen molar-refractivity contribution in [2.75, 3.05) is 39.0 Å². The molecule has 5 nitrogen and oxygen atoms in total. The van der Waals surface area contributed by atoms with Crippen LogP contribution >= 0.6 is 0 Å². The van der Waals surface area contributed by atoms with Crippen LogP contribution in [-0.2, 0) is 10.0 Å². The van der Waals surface area contributed by atoms with Gasteiger partial charge < -0.3 is 5.73 Å². The molecule has 2 atom stereocenters. The van der Waals surface area contributed by atoms with Crippen molar-refractivity contribution in [3.63, 3.8) is 0 Å². The standard InChI is InChI=1S/C14H29N3O2S/c1-12-9-13(2,3)10-14(12,11-15)16-5-7-17(8-6-16)20(4,18)19/h12H,5-11,15H2,1-4H3. The molecule has 0 aromatic carbocycles. The molecular weight excluding hydrogens is 274 g/mol. The van der Waals surface area contributed by atoms with E-state index >= 15 is 0 Å². The number of nitrogens with two attached hydrogens (primary N) is 1. The molecule has 20 heavy (non-hydrogen) atoms. The minimum Gasteiger partial charge on any atom is -0.329 e. The Bertz CT molecular complexity index is 455. The summed E-state index contributed by atoms with van der Waals surface area (Å²) in [4.78, 5) is 2.45. The molecule has 1 aliphatic carbocycles. The van der Waals surface area contributed by atoms with Crippen molar-refractivity contribution in [3.05, 3.63) is 0 Å². The van der Waals surface area contributed by atoms with Crippen LogP contribution in [-0.4, -0.2) is 62.1 Å². The monoisotopic (exact) mass is 303 g/mol. The lowest BCUT2D eigenvalue weighted by Gasteiger charge is -2.48. The van der Waals surface area contributed by atoms with Crippen LogP contribution in [0.3, 0.4) is 0 Å². The Kier molecular flexibility index (Phi) is 4.24. The van der Waals surface area contributed by atoms with E-state index in [9.17, 15) is 8.42 Å². The molecule has 2 rings (SSSR count). The fraction of sp³-hybridized carbons (Fsp3) is 1.00. The van der Waals surface area contributed by atoms with Gasteiger partial charge in [0, 0.05) is 38.3 Å². The third kappa shape index (κ3) is 2.89. The molecule has 0 aromatic heterocycles. The third-order valence-electron chi connectivity index (χ3n) is 5.25. The van der Waals surface area contributed by atoms with Gasteiger partial charge >= 0.3 is 0 Å². The molecule has 0 amide bonds. The Balaban J connectivity index is 2.12. The molecule has 1 saturated heterocycles. The number of hydrogen-bond donors (Lipinski definition) is 1. The Hall–Kier alpha value is -0.170. The fourth-order valence-electron chi connectivity index (χ4n) is 4.38. The van der Waals surface area contributed by atoms with Crippen LogP contribution in [0.25, 0.3) is 0 Å². The lowest BCUT2D eigenvalue weighted by atomic mass is 9.84. The van der Waals surface area contributed by atoms with Crippen LogP contribution in [0.5, 0.6) is 0 Å². The van der Waals surface area contributed by atoms with Crippen molar-refractivity contribution in [3.8, 4) is 0 Å². The summed E-state index contributed by atoms with van der Waals surface area (Å²) >= 11 is 0. The predicted molar refractivity (Wildman–Crippen MR) is 82.0 cm³/mol. The second kappa shape index (κ2) is 5.23. The molecule has 118 valence electrons. The summed E-state index contributed by atoms with van der Waals surface area (Å²) in [6.45, 7) is 10.4. The van der Waals surface area contributed by atoms with Crippen LogP contribution in [0.4, 0.5) is 0 Å². The van der Waals surface area contributed by atoms with Gasteiger partial charge in [-0.15, -0.1) is 0 Å². The molecule has 1 heterocycles. The Labute approximate surface area is 123 Å². The van der Waals surface area contributed by atoms with E-state index in [1.165, 1.54) is 12.7 Å². The molecule has 2 fully saturated rings. The predicted octanol–water partition coefficient (Wildman–Crippen LogP) is 0.717. The van der Waals surface area contributed by atoms with Crippen LogP contribution in [0.15, 0.2) is 0 Å². The van der Waals surface area contributed by atoms with Crippen molar-refractivity contribution in [2.45, 2.75) is 39.2 Å². The van der Waals surface area contributed by atoms with E-state index in [2.05, 4.69) is 25.7 Å². The molecular formula is C14H29N3O2S. The topological polar surface area (TPSA) is 66.6 Å². The molecule has 0 bridgehead atoms. The Morgan fingerprint density at radius 1 is 1.20 bits per heavy atom. The van der Waals surface area contributed by atoms with E-state index in [1.807, 2.05) is 0 Å². The molecule has 0 radical (unpaired) electrons. The van der Waals surface area contributed by atoms with Gasteiger partial charge in [0.15, 0.2) is 0 Å². The lowest BCUT2D eigenvalue weighted by molar-refractivity contribution is 0.0314. The van der Waals surface area contributed by atoms with Gasteiger partial charge in [-0.3, -0.25) is 4.90 Å². The molecule has 6 heteroatoms. The summed E-state index contributed by atoms with van der Waals surface area (Å²) in [5.41, 5.74) is 6.53. The van der Waals surface area contributed by atoms with E-state index < -0.39 is 10.0 Å². The van der Waals surface area contributed by atoms with Gasteiger partial charge in [0.2, 0.25) is 10.0 Å². The summed E-state index contributed by atoms with van der Waals surface area (Å²) in [5, 5.41) is 0. The molecule has 2 unspecified atom stereocenters. The largest absolute Gasteiger partial charge is 0.329 e. The first-order valence-electron chi connectivity index (χ1n) is 7.51. The highest BCUT2D eigenvalue weighted by atomic mass is 32.2. The molecule has 0 aromatic rings. The van der Waals surface area contributed by atoms with Gasteiger partial charge in [-0.25, -0.2) is 8.42 Å². The SMILES string of the molecule is CC1CC(C)(C)CC1(CN)N1CCN(S(C)(=O)=O)CC1. The minimum absolute atomic E-state index is 0.0487. The lowest BCUT2D eigenvalue weighted by Crippen LogP contribution is -2.62. The van der Waals surface area contributed by atoms with Crippen molar-refractivity contribution < 1.29 is 8.42 Å². The average molecular weight is 303 g/mol.